The van der Waals surface area contributed by atoms with Crippen LogP contribution in [-0.2, 0) is 0 Å². The zero-order valence-electron chi connectivity index (χ0n) is 15.9. The van der Waals surface area contributed by atoms with Gasteiger partial charge in [-0.3, -0.25) is 14.9 Å². The lowest BCUT2D eigenvalue weighted by Crippen LogP contribution is -2.19. The van der Waals surface area contributed by atoms with E-state index in [0.29, 0.717) is 16.1 Å². The number of nitro benzene ring substituents is 1. The number of nitro groups is 1. The van der Waals surface area contributed by atoms with Gasteiger partial charge in [-0.1, -0.05) is 28.9 Å². The third-order valence-electron chi connectivity index (χ3n) is 4.18. The van der Waals surface area contributed by atoms with Crippen LogP contribution in [0.25, 0.3) is 17.1 Å². The number of nitrogen functional groups attached to an aromatic ring is 1. The minimum absolute atomic E-state index is 0.00503. The smallest absolute Gasteiger partial charge is 0.294 e. The molecule has 0 aliphatic carbocycles. The fourth-order valence-corrected chi connectivity index (χ4v) is 2.81. The maximum Gasteiger partial charge on any atom is 0.294 e. The van der Waals surface area contributed by atoms with Gasteiger partial charge in [0, 0.05) is 22.7 Å². The number of benzene rings is 2. The number of nitrogens with one attached hydrogen (secondary N) is 1. The van der Waals surface area contributed by atoms with Crippen LogP contribution in [-0.4, -0.2) is 42.4 Å². The van der Waals surface area contributed by atoms with E-state index < -0.39 is 10.8 Å². The third kappa shape index (κ3) is 4.13. The summed E-state index contributed by atoms with van der Waals surface area (Å²) in [6.07, 6.45) is 1.42. The summed E-state index contributed by atoms with van der Waals surface area (Å²) in [4.78, 5) is 23.2. The minimum Gasteiger partial charge on any atom is -0.378 e. The standard InChI is InChI=1S/C18H12ClN9O4/c19-12-5-1-10(2-6-12)9-21-23-18(29)14-15(11-3-7-13(8-4-11)28(30)31)27(26-22-14)17-16(20)24-32-25-17/h1-9H,(H2,20,24)(H,23,29)/b21-9+. The molecule has 0 aliphatic rings. The Morgan fingerprint density at radius 2 is 1.91 bits per heavy atom. The molecule has 0 fully saturated rings. The van der Waals surface area contributed by atoms with Crippen molar-refractivity contribution < 1.29 is 14.3 Å². The average Bonchev–Trinajstić information content (AvgIpc) is 3.41. The minimum atomic E-state index is -0.690. The van der Waals surface area contributed by atoms with Gasteiger partial charge in [0.05, 0.1) is 11.1 Å². The molecular weight excluding hydrogens is 442 g/mol. The van der Waals surface area contributed by atoms with E-state index in [1.165, 1.54) is 30.5 Å². The van der Waals surface area contributed by atoms with Crippen molar-refractivity contribution in [3.05, 3.63) is 74.9 Å². The van der Waals surface area contributed by atoms with Crippen LogP contribution in [0.15, 0.2) is 58.3 Å². The molecule has 160 valence electrons. The number of nitrogens with zero attached hydrogens (tertiary/aromatic N) is 7. The fourth-order valence-electron chi connectivity index (χ4n) is 2.69. The molecular formula is C18H12ClN9O4. The zero-order chi connectivity index (χ0) is 22.7. The van der Waals surface area contributed by atoms with Crippen LogP contribution in [0.2, 0.25) is 5.02 Å². The first-order valence-corrected chi connectivity index (χ1v) is 9.19. The molecule has 0 radical (unpaired) electrons. The van der Waals surface area contributed by atoms with E-state index in [4.69, 9.17) is 17.3 Å². The second-order valence-electron chi connectivity index (χ2n) is 6.23. The normalized spacial score (nSPS) is 11.0. The first kappa shape index (κ1) is 20.6. The first-order chi connectivity index (χ1) is 15.4. The first-order valence-electron chi connectivity index (χ1n) is 8.82. The second kappa shape index (κ2) is 8.61. The average molecular weight is 454 g/mol. The number of hydrogen-bond acceptors (Lipinski definition) is 10. The molecule has 0 unspecified atom stereocenters. The van der Waals surface area contributed by atoms with Crippen molar-refractivity contribution in [2.45, 2.75) is 0 Å². The number of aromatic nitrogens is 5. The van der Waals surface area contributed by atoms with Crippen molar-refractivity contribution in [2.24, 2.45) is 5.10 Å². The molecule has 0 atom stereocenters. The Hall–Kier alpha value is -4.65. The topological polar surface area (TPSA) is 180 Å². The van der Waals surface area contributed by atoms with Crippen LogP contribution in [0.5, 0.6) is 0 Å². The van der Waals surface area contributed by atoms with Crippen LogP contribution in [0.3, 0.4) is 0 Å². The van der Waals surface area contributed by atoms with E-state index in [-0.39, 0.29) is 28.7 Å². The van der Waals surface area contributed by atoms with Gasteiger partial charge in [0.1, 0.15) is 5.69 Å². The molecule has 0 saturated heterocycles. The lowest BCUT2D eigenvalue weighted by atomic mass is 10.1. The van der Waals surface area contributed by atoms with Crippen molar-refractivity contribution in [1.29, 1.82) is 0 Å². The molecule has 0 aliphatic heterocycles. The number of non-ortho nitro benzene ring substituents is 1. The predicted octanol–water partition coefficient (Wildman–Crippen LogP) is 2.23. The number of nitrogens with two attached hydrogens (primary N) is 1. The number of halogens is 1. The summed E-state index contributed by atoms with van der Waals surface area (Å²) in [7, 11) is 0. The zero-order valence-corrected chi connectivity index (χ0v) is 16.7. The monoisotopic (exact) mass is 453 g/mol. The SMILES string of the molecule is Nc1nonc1-n1nnc(C(=O)N/N=C/c2ccc(Cl)cc2)c1-c1ccc([N+](=O)[O-])cc1. The summed E-state index contributed by atoms with van der Waals surface area (Å²) in [6, 6.07) is 12.2. The maximum atomic E-state index is 12.8. The summed E-state index contributed by atoms with van der Waals surface area (Å²) in [5.41, 5.74) is 9.08. The van der Waals surface area contributed by atoms with Crippen molar-refractivity contribution in [2.75, 3.05) is 5.73 Å². The molecule has 0 spiro atoms. The van der Waals surface area contributed by atoms with E-state index in [2.05, 4.69) is 35.8 Å². The highest BCUT2D eigenvalue weighted by Crippen LogP contribution is 2.28. The molecule has 4 rings (SSSR count). The highest BCUT2D eigenvalue weighted by molar-refractivity contribution is 6.30. The Morgan fingerprint density at radius 1 is 1.19 bits per heavy atom. The van der Waals surface area contributed by atoms with E-state index in [1.807, 2.05) is 0 Å². The summed E-state index contributed by atoms with van der Waals surface area (Å²) in [5.74, 6) is -0.787. The Morgan fingerprint density at radius 3 is 2.53 bits per heavy atom. The fraction of sp³-hybridized carbons (Fsp3) is 0. The number of amides is 1. The molecule has 13 nitrogen and oxygen atoms in total. The molecule has 2 aromatic carbocycles. The Balaban J connectivity index is 1.69. The van der Waals surface area contributed by atoms with E-state index in [0.717, 1.165) is 4.68 Å². The van der Waals surface area contributed by atoms with Crippen molar-refractivity contribution >= 4 is 35.2 Å². The highest BCUT2D eigenvalue weighted by atomic mass is 35.5. The Labute approximate surface area is 183 Å². The molecule has 2 heterocycles. The number of rotatable bonds is 6. The van der Waals surface area contributed by atoms with Gasteiger partial charge in [0.15, 0.2) is 5.69 Å². The summed E-state index contributed by atoms with van der Waals surface area (Å²) < 4.78 is 5.74. The van der Waals surface area contributed by atoms with Gasteiger partial charge in [-0.05, 0) is 40.1 Å². The molecule has 3 N–H and O–H groups in total. The number of hydrogen-bond donors (Lipinski definition) is 2. The van der Waals surface area contributed by atoms with Gasteiger partial charge in [-0.2, -0.15) is 9.78 Å². The molecule has 4 aromatic rings. The quantitative estimate of drug-likeness (QED) is 0.251. The van der Waals surface area contributed by atoms with Gasteiger partial charge in [-0.25, -0.2) is 10.1 Å². The molecule has 32 heavy (non-hydrogen) atoms. The second-order valence-corrected chi connectivity index (χ2v) is 6.66. The summed E-state index contributed by atoms with van der Waals surface area (Å²) in [6.45, 7) is 0. The van der Waals surface area contributed by atoms with Gasteiger partial charge < -0.3 is 5.73 Å². The van der Waals surface area contributed by atoms with Crippen molar-refractivity contribution in [3.8, 4) is 17.1 Å². The van der Waals surface area contributed by atoms with E-state index in [1.54, 1.807) is 24.3 Å². The predicted molar refractivity (Wildman–Crippen MR) is 112 cm³/mol. The molecule has 0 bridgehead atoms. The molecule has 14 heteroatoms. The maximum absolute atomic E-state index is 12.8. The number of anilines is 1. The molecule has 2 aromatic heterocycles. The van der Waals surface area contributed by atoms with Crippen LogP contribution >= 0.6 is 11.6 Å². The third-order valence-corrected chi connectivity index (χ3v) is 4.43. The lowest BCUT2D eigenvalue weighted by molar-refractivity contribution is -0.384. The number of carbonyl (C=O) groups is 1. The van der Waals surface area contributed by atoms with Gasteiger partial charge in [0.25, 0.3) is 11.6 Å². The number of carbonyl (C=O) groups excluding carboxylic acids is 1. The summed E-state index contributed by atoms with van der Waals surface area (Å²) >= 11 is 5.84. The molecule has 0 saturated carbocycles. The van der Waals surface area contributed by atoms with Crippen LogP contribution in [0.1, 0.15) is 16.1 Å². The van der Waals surface area contributed by atoms with Crippen LogP contribution < -0.4 is 11.2 Å². The molecule has 1 amide bonds. The lowest BCUT2D eigenvalue weighted by Gasteiger charge is -2.05. The largest absolute Gasteiger partial charge is 0.378 e. The Kier molecular flexibility index (Phi) is 5.55. The number of hydrazone groups is 1. The highest BCUT2D eigenvalue weighted by Gasteiger charge is 2.25. The van der Waals surface area contributed by atoms with E-state index >= 15 is 0 Å². The Bertz CT molecular complexity index is 1310. The van der Waals surface area contributed by atoms with Crippen molar-refractivity contribution in [1.82, 2.24) is 30.7 Å². The van der Waals surface area contributed by atoms with Crippen LogP contribution in [0.4, 0.5) is 11.5 Å². The van der Waals surface area contributed by atoms with Gasteiger partial charge in [-0.15, -0.1) is 5.10 Å². The van der Waals surface area contributed by atoms with Gasteiger partial charge in [0.2, 0.25) is 11.6 Å². The van der Waals surface area contributed by atoms with Crippen LogP contribution in [0, 0.1) is 10.1 Å². The summed E-state index contributed by atoms with van der Waals surface area (Å²) in [5, 5.41) is 30.4. The van der Waals surface area contributed by atoms with Crippen molar-refractivity contribution in [3.63, 3.8) is 0 Å². The van der Waals surface area contributed by atoms with Gasteiger partial charge >= 0.3 is 0 Å². The van der Waals surface area contributed by atoms with E-state index in [9.17, 15) is 14.9 Å².